The predicted molar refractivity (Wildman–Crippen MR) is 61.3 cm³/mol. The molecule has 1 heterocycles. The number of carbonyl (C=O) groups excluding carboxylic acids is 1. The Bertz CT molecular complexity index is 514. The van der Waals surface area contributed by atoms with E-state index in [-0.39, 0.29) is 5.78 Å². The van der Waals surface area contributed by atoms with Crippen LogP contribution in [0.1, 0.15) is 16.1 Å². The Kier molecular flexibility index (Phi) is 3.17. The van der Waals surface area contributed by atoms with E-state index in [1.54, 1.807) is 23.6 Å². The van der Waals surface area contributed by atoms with E-state index in [4.69, 9.17) is 16.3 Å². The fourth-order valence-electron chi connectivity index (χ4n) is 1.26. The van der Waals surface area contributed by atoms with Gasteiger partial charge in [0.15, 0.2) is 0 Å². The van der Waals surface area contributed by atoms with Crippen LogP contribution in [0.5, 0.6) is 5.75 Å². The Morgan fingerprint density at radius 3 is 2.94 bits per heavy atom. The maximum absolute atomic E-state index is 12.0. The molecule has 2 rings (SSSR count). The fourth-order valence-corrected chi connectivity index (χ4v) is 1.87. The van der Waals surface area contributed by atoms with Gasteiger partial charge in [0.25, 0.3) is 0 Å². The van der Waals surface area contributed by atoms with E-state index < -0.39 is 0 Å². The molecule has 0 saturated heterocycles. The fraction of sp³-hybridized carbons (Fsp3) is 0.100. The lowest BCUT2D eigenvalue weighted by Gasteiger charge is -2.06. The molecule has 0 spiro atoms. The summed E-state index contributed by atoms with van der Waals surface area (Å²) in [6.45, 7) is 0. The van der Waals surface area contributed by atoms with Crippen LogP contribution >= 0.6 is 23.1 Å². The lowest BCUT2D eigenvalue weighted by molar-refractivity contribution is 0.103. The summed E-state index contributed by atoms with van der Waals surface area (Å²) in [5.74, 6) is 0.232. The number of halogens is 1. The third-order valence-corrected chi connectivity index (χ3v) is 2.74. The van der Waals surface area contributed by atoms with E-state index in [9.17, 15) is 4.79 Å². The molecular formula is C10H7ClN2O2S. The maximum atomic E-state index is 12.0. The van der Waals surface area contributed by atoms with Crippen molar-refractivity contribution in [3.8, 4) is 5.75 Å². The topological polar surface area (TPSA) is 52.1 Å². The SMILES string of the molecule is COc1ccc(Cl)cc1C(=O)c1csnn1. The molecule has 2 aromatic rings. The predicted octanol–water partition coefficient (Wildman–Crippen LogP) is 2.43. The second kappa shape index (κ2) is 4.59. The molecule has 1 aromatic carbocycles. The van der Waals surface area contributed by atoms with E-state index in [1.165, 1.54) is 7.11 Å². The summed E-state index contributed by atoms with van der Waals surface area (Å²) in [4.78, 5) is 12.0. The molecule has 0 aliphatic rings. The van der Waals surface area contributed by atoms with Gasteiger partial charge in [-0.05, 0) is 29.7 Å². The van der Waals surface area contributed by atoms with Crippen LogP contribution in [0.4, 0.5) is 0 Å². The van der Waals surface area contributed by atoms with Gasteiger partial charge in [0.2, 0.25) is 5.78 Å². The Morgan fingerprint density at radius 2 is 2.31 bits per heavy atom. The number of ketones is 1. The van der Waals surface area contributed by atoms with E-state index in [2.05, 4.69) is 9.59 Å². The van der Waals surface area contributed by atoms with Crippen molar-refractivity contribution in [2.75, 3.05) is 7.11 Å². The Balaban J connectivity index is 2.47. The maximum Gasteiger partial charge on any atom is 0.217 e. The van der Waals surface area contributed by atoms with Crippen molar-refractivity contribution in [3.63, 3.8) is 0 Å². The van der Waals surface area contributed by atoms with Gasteiger partial charge in [-0.1, -0.05) is 16.1 Å². The Labute approximate surface area is 101 Å². The molecule has 0 amide bonds. The van der Waals surface area contributed by atoms with Gasteiger partial charge in [-0.25, -0.2) is 0 Å². The number of nitrogens with zero attached hydrogens (tertiary/aromatic N) is 2. The van der Waals surface area contributed by atoms with Crippen LogP contribution in [0.3, 0.4) is 0 Å². The molecule has 0 radical (unpaired) electrons. The molecule has 6 heteroatoms. The van der Waals surface area contributed by atoms with Crippen LogP contribution in [0.15, 0.2) is 23.6 Å². The summed E-state index contributed by atoms with van der Waals surface area (Å²) in [6.07, 6.45) is 0. The van der Waals surface area contributed by atoms with Crippen molar-refractivity contribution in [3.05, 3.63) is 39.9 Å². The van der Waals surface area contributed by atoms with Crippen molar-refractivity contribution < 1.29 is 9.53 Å². The van der Waals surface area contributed by atoms with Crippen molar-refractivity contribution in [2.24, 2.45) is 0 Å². The third-order valence-electron chi connectivity index (χ3n) is 2.00. The second-order valence-electron chi connectivity index (χ2n) is 2.96. The highest BCUT2D eigenvalue weighted by molar-refractivity contribution is 7.03. The van der Waals surface area contributed by atoms with Crippen molar-refractivity contribution in [2.45, 2.75) is 0 Å². The summed E-state index contributed by atoms with van der Waals surface area (Å²) >= 11 is 6.96. The molecule has 4 nitrogen and oxygen atoms in total. The minimum absolute atomic E-state index is 0.242. The smallest absolute Gasteiger partial charge is 0.217 e. The van der Waals surface area contributed by atoms with Gasteiger partial charge < -0.3 is 4.74 Å². The van der Waals surface area contributed by atoms with Crippen LogP contribution in [0.2, 0.25) is 5.02 Å². The summed E-state index contributed by atoms with van der Waals surface area (Å²) in [6, 6.07) is 4.87. The van der Waals surface area contributed by atoms with Crippen molar-refractivity contribution in [1.82, 2.24) is 9.59 Å². The molecular weight excluding hydrogens is 248 g/mol. The number of ether oxygens (including phenoxy) is 1. The average molecular weight is 255 g/mol. The quantitative estimate of drug-likeness (QED) is 0.790. The number of rotatable bonds is 3. The first-order valence-corrected chi connectivity index (χ1v) is 5.59. The van der Waals surface area contributed by atoms with Crippen LogP contribution < -0.4 is 4.74 Å². The van der Waals surface area contributed by atoms with Gasteiger partial charge in [-0.2, -0.15) is 0 Å². The molecule has 0 N–H and O–H groups in total. The van der Waals surface area contributed by atoms with E-state index in [1.807, 2.05) is 0 Å². The van der Waals surface area contributed by atoms with Crippen molar-refractivity contribution in [1.29, 1.82) is 0 Å². The molecule has 0 bridgehead atoms. The molecule has 82 valence electrons. The minimum Gasteiger partial charge on any atom is -0.496 e. The summed E-state index contributed by atoms with van der Waals surface area (Å²) in [5.41, 5.74) is 0.688. The number of benzene rings is 1. The number of carbonyl (C=O) groups is 1. The Morgan fingerprint density at radius 1 is 1.50 bits per heavy atom. The summed E-state index contributed by atoms with van der Waals surface area (Å²) < 4.78 is 8.74. The van der Waals surface area contributed by atoms with Crippen LogP contribution in [0, 0.1) is 0 Å². The van der Waals surface area contributed by atoms with E-state index >= 15 is 0 Å². The second-order valence-corrected chi connectivity index (χ2v) is 4.01. The number of aromatic nitrogens is 2. The lowest BCUT2D eigenvalue weighted by atomic mass is 10.1. The summed E-state index contributed by atoms with van der Waals surface area (Å²) in [5, 5.41) is 5.78. The summed E-state index contributed by atoms with van der Waals surface area (Å²) in [7, 11) is 1.50. The van der Waals surface area contributed by atoms with Crippen LogP contribution in [0.25, 0.3) is 0 Å². The molecule has 16 heavy (non-hydrogen) atoms. The molecule has 0 aliphatic heterocycles. The van der Waals surface area contributed by atoms with Crippen molar-refractivity contribution >= 4 is 28.9 Å². The zero-order valence-electron chi connectivity index (χ0n) is 8.31. The van der Waals surface area contributed by atoms with E-state index in [0.717, 1.165) is 11.5 Å². The zero-order valence-corrected chi connectivity index (χ0v) is 9.88. The van der Waals surface area contributed by atoms with Crippen LogP contribution in [-0.4, -0.2) is 22.5 Å². The monoisotopic (exact) mass is 254 g/mol. The first-order chi connectivity index (χ1) is 7.72. The van der Waals surface area contributed by atoms with Gasteiger partial charge in [0.05, 0.1) is 12.7 Å². The van der Waals surface area contributed by atoms with Crippen LogP contribution in [-0.2, 0) is 0 Å². The van der Waals surface area contributed by atoms with Gasteiger partial charge in [0, 0.05) is 10.4 Å². The van der Waals surface area contributed by atoms with E-state index in [0.29, 0.717) is 22.0 Å². The first kappa shape index (κ1) is 11.0. The highest BCUT2D eigenvalue weighted by Gasteiger charge is 2.17. The lowest BCUT2D eigenvalue weighted by Crippen LogP contribution is -2.04. The highest BCUT2D eigenvalue weighted by atomic mass is 35.5. The van der Waals surface area contributed by atoms with Gasteiger partial charge in [-0.3, -0.25) is 4.79 Å². The highest BCUT2D eigenvalue weighted by Crippen LogP contribution is 2.24. The van der Waals surface area contributed by atoms with Gasteiger partial charge in [-0.15, -0.1) is 5.10 Å². The first-order valence-electron chi connectivity index (χ1n) is 4.37. The minimum atomic E-state index is -0.242. The van der Waals surface area contributed by atoms with Gasteiger partial charge >= 0.3 is 0 Å². The largest absolute Gasteiger partial charge is 0.496 e. The molecule has 1 aromatic heterocycles. The zero-order chi connectivity index (χ0) is 11.5. The standard InChI is InChI=1S/C10H7ClN2O2S/c1-15-9-3-2-6(11)4-7(9)10(14)8-5-16-13-12-8/h2-5H,1H3. The molecule has 0 saturated carbocycles. The number of hydrogen-bond acceptors (Lipinski definition) is 5. The third kappa shape index (κ3) is 2.05. The van der Waals surface area contributed by atoms with Gasteiger partial charge in [0.1, 0.15) is 11.4 Å². The number of hydrogen-bond donors (Lipinski definition) is 0. The normalized spacial score (nSPS) is 10.1. The average Bonchev–Trinajstić information content (AvgIpc) is 2.81. The molecule has 0 atom stereocenters. The molecule has 0 unspecified atom stereocenters. The molecule has 0 aliphatic carbocycles. The number of methoxy groups -OCH3 is 1. The Hall–Kier alpha value is -1.46. The molecule has 0 fully saturated rings.